The van der Waals surface area contributed by atoms with Crippen LogP contribution in [0.1, 0.15) is 45.4 Å². The Morgan fingerprint density at radius 1 is 1.14 bits per heavy atom. The first-order valence-electron chi connectivity index (χ1n) is 7.54. The highest BCUT2D eigenvalue weighted by Crippen LogP contribution is 2.19. The average molecular weight is 290 g/mol. The van der Waals surface area contributed by atoms with Crippen LogP contribution >= 0.6 is 0 Å². The lowest BCUT2D eigenvalue weighted by Gasteiger charge is -2.38. The molecule has 1 saturated heterocycles. The molecule has 0 spiro atoms. The standard InChI is InChI=1S/C15H22N4O2/c1-3-6-11-15(21)19(10-13-16-8-5-9-17-13)12(7-4-2)14(20)18-11/h5,8-9,11-12H,3-4,6-7,10H2,1-2H3,(H,18,20). The molecule has 0 aliphatic carbocycles. The fraction of sp³-hybridized carbons (Fsp3) is 0.600. The van der Waals surface area contributed by atoms with E-state index < -0.39 is 12.1 Å². The van der Waals surface area contributed by atoms with Crippen LogP contribution in [0.3, 0.4) is 0 Å². The Morgan fingerprint density at radius 2 is 1.81 bits per heavy atom. The number of hydrogen-bond donors (Lipinski definition) is 1. The van der Waals surface area contributed by atoms with E-state index in [1.165, 1.54) is 0 Å². The Bertz CT molecular complexity index is 492. The second-order valence-electron chi connectivity index (χ2n) is 5.29. The molecule has 0 aromatic carbocycles. The van der Waals surface area contributed by atoms with E-state index >= 15 is 0 Å². The molecule has 1 N–H and O–H groups in total. The molecule has 114 valence electrons. The second kappa shape index (κ2) is 7.15. The molecule has 2 rings (SSSR count). The molecule has 1 aliphatic rings. The summed E-state index contributed by atoms with van der Waals surface area (Å²) in [5, 5.41) is 2.85. The molecule has 1 aliphatic heterocycles. The molecule has 6 nitrogen and oxygen atoms in total. The lowest BCUT2D eigenvalue weighted by molar-refractivity contribution is -0.150. The summed E-state index contributed by atoms with van der Waals surface area (Å²) in [7, 11) is 0. The zero-order valence-electron chi connectivity index (χ0n) is 12.6. The largest absolute Gasteiger partial charge is 0.343 e. The van der Waals surface area contributed by atoms with Crippen molar-refractivity contribution in [2.24, 2.45) is 0 Å². The normalized spacial score (nSPS) is 22.3. The molecule has 1 aromatic heterocycles. The molecule has 2 amide bonds. The molecular weight excluding hydrogens is 268 g/mol. The summed E-state index contributed by atoms with van der Waals surface area (Å²) in [5.41, 5.74) is 0. The van der Waals surface area contributed by atoms with Gasteiger partial charge in [-0.1, -0.05) is 26.7 Å². The van der Waals surface area contributed by atoms with Crippen molar-refractivity contribution in [3.8, 4) is 0 Å². The summed E-state index contributed by atoms with van der Waals surface area (Å²) in [6.45, 7) is 4.30. The van der Waals surface area contributed by atoms with Crippen LogP contribution in [0.5, 0.6) is 0 Å². The minimum absolute atomic E-state index is 0.0256. The summed E-state index contributed by atoms with van der Waals surface area (Å²) in [4.78, 5) is 34.8. The third-order valence-electron chi connectivity index (χ3n) is 3.65. The summed E-state index contributed by atoms with van der Waals surface area (Å²) < 4.78 is 0. The van der Waals surface area contributed by atoms with Gasteiger partial charge in [-0.15, -0.1) is 0 Å². The number of rotatable bonds is 6. The number of aromatic nitrogens is 2. The molecule has 21 heavy (non-hydrogen) atoms. The molecule has 2 atom stereocenters. The van der Waals surface area contributed by atoms with Gasteiger partial charge < -0.3 is 10.2 Å². The number of piperazine rings is 1. The average Bonchev–Trinajstić information content (AvgIpc) is 2.49. The van der Waals surface area contributed by atoms with Crippen molar-refractivity contribution >= 4 is 11.8 Å². The molecule has 1 aromatic rings. The summed E-state index contributed by atoms with van der Waals surface area (Å²) in [6.07, 6.45) is 6.31. The Kier molecular flexibility index (Phi) is 5.25. The summed E-state index contributed by atoms with van der Waals surface area (Å²) in [5.74, 6) is 0.477. The molecular formula is C15H22N4O2. The first kappa shape index (κ1) is 15.4. The number of hydrogen-bond acceptors (Lipinski definition) is 4. The SMILES string of the molecule is CCCC1NC(=O)C(CCC)N(Cc2ncccn2)C1=O. The molecule has 6 heteroatoms. The van der Waals surface area contributed by atoms with Gasteiger partial charge in [0.2, 0.25) is 11.8 Å². The number of amides is 2. The Labute approximate surface area is 125 Å². The second-order valence-corrected chi connectivity index (χ2v) is 5.29. The topological polar surface area (TPSA) is 75.2 Å². The molecule has 2 unspecified atom stereocenters. The minimum Gasteiger partial charge on any atom is -0.343 e. The van der Waals surface area contributed by atoms with Crippen LogP contribution in [0, 0.1) is 0 Å². The van der Waals surface area contributed by atoms with Crippen molar-refractivity contribution in [1.82, 2.24) is 20.2 Å². The monoisotopic (exact) mass is 290 g/mol. The summed E-state index contributed by atoms with van der Waals surface area (Å²) >= 11 is 0. The van der Waals surface area contributed by atoms with Crippen LogP contribution in [-0.2, 0) is 16.1 Å². The van der Waals surface area contributed by atoms with Crippen molar-refractivity contribution in [2.45, 2.75) is 58.2 Å². The lowest BCUT2D eigenvalue weighted by Crippen LogP contribution is -2.62. The van der Waals surface area contributed by atoms with Gasteiger partial charge in [0.25, 0.3) is 0 Å². The van der Waals surface area contributed by atoms with Crippen LogP contribution in [0.15, 0.2) is 18.5 Å². The van der Waals surface area contributed by atoms with E-state index in [1.54, 1.807) is 23.4 Å². The summed E-state index contributed by atoms with van der Waals surface area (Å²) in [6, 6.07) is 0.899. The fourth-order valence-electron chi connectivity index (χ4n) is 2.62. The van der Waals surface area contributed by atoms with Crippen LogP contribution in [0.4, 0.5) is 0 Å². The first-order valence-corrected chi connectivity index (χ1v) is 7.54. The van der Waals surface area contributed by atoms with Gasteiger partial charge in [-0.25, -0.2) is 9.97 Å². The number of carbonyl (C=O) groups excluding carboxylic acids is 2. The van der Waals surface area contributed by atoms with Gasteiger partial charge in [0, 0.05) is 12.4 Å². The lowest BCUT2D eigenvalue weighted by atomic mass is 10.0. The van der Waals surface area contributed by atoms with Crippen molar-refractivity contribution in [3.63, 3.8) is 0 Å². The van der Waals surface area contributed by atoms with Gasteiger partial charge in [-0.2, -0.15) is 0 Å². The van der Waals surface area contributed by atoms with Crippen molar-refractivity contribution in [2.75, 3.05) is 0 Å². The first-order chi connectivity index (χ1) is 10.2. The maximum Gasteiger partial charge on any atom is 0.246 e. The van der Waals surface area contributed by atoms with E-state index in [1.807, 2.05) is 13.8 Å². The third kappa shape index (κ3) is 3.56. The number of carbonyl (C=O) groups is 2. The van der Waals surface area contributed by atoms with Gasteiger partial charge in [-0.05, 0) is 18.9 Å². The predicted molar refractivity (Wildman–Crippen MR) is 78.1 cm³/mol. The molecule has 0 bridgehead atoms. The van der Waals surface area contributed by atoms with Crippen LogP contribution in [0.25, 0.3) is 0 Å². The van der Waals surface area contributed by atoms with Gasteiger partial charge in [0.15, 0.2) is 0 Å². The van der Waals surface area contributed by atoms with Crippen LogP contribution in [-0.4, -0.2) is 38.8 Å². The number of nitrogens with zero attached hydrogens (tertiary/aromatic N) is 3. The minimum atomic E-state index is -0.417. The van der Waals surface area contributed by atoms with Crippen LogP contribution < -0.4 is 5.32 Å². The van der Waals surface area contributed by atoms with Gasteiger partial charge >= 0.3 is 0 Å². The van der Waals surface area contributed by atoms with Crippen molar-refractivity contribution in [3.05, 3.63) is 24.3 Å². The molecule has 0 saturated carbocycles. The maximum atomic E-state index is 12.6. The van der Waals surface area contributed by atoms with Gasteiger partial charge in [-0.3, -0.25) is 9.59 Å². The van der Waals surface area contributed by atoms with Gasteiger partial charge in [0.05, 0.1) is 6.54 Å². The highest BCUT2D eigenvalue weighted by atomic mass is 16.2. The number of nitrogens with one attached hydrogen (secondary N) is 1. The van der Waals surface area contributed by atoms with E-state index in [0.717, 1.165) is 12.8 Å². The zero-order valence-corrected chi connectivity index (χ0v) is 12.6. The third-order valence-corrected chi connectivity index (χ3v) is 3.65. The smallest absolute Gasteiger partial charge is 0.246 e. The Balaban J connectivity index is 2.21. The highest BCUT2D eigenvalue weighted by Gasteiger charge is 2.39. The quantitative estimate of drug-likeness (QED) is 0.856. The molecule has 2 heterocycles. The highest BCUT2D eigenvalue weighted by molar-refractivity contribution is 5.96. The van der Waals surface area contributed by atoms with E-state index in [0.29, 0.717) is 18.7 Å². The fourth-order valence-corrected chi connectivity index (χ4v) is 2.62. The Hall–Kier alpha value is -1.98. The van der Waals surface area contributed by atoms with Crippen molar-refractivity contribution < 1.29 is 9.59 Å². The van der Waals surface area contributed by atoms with Crippen LogP contribution in [0.2, 0.25) is 0 Å². The van der Waals surface area contributed by atoms with E-state index in [4.69, 9.17) is 0 Å². The van der Waals surface area contributed by atoms with E-state index in [-0.39, 0.29) is 18.4 Å². The predicted octanol–water partition coefficient (Wildman–Crippen LogP) is 1.27. The molecule has 1 fully saturated rings. The molecule has 0 radical (unpaired) electrons. The van der Waals surface area contributed by atoms with E-state index in [2.05, 4.69) is 15.3 Å². The Morgan fingerprint density at radius 3 is 2.43 bits per heavy atom. The van der Waals surface area contributed by atoms with Crippen molar-refractivity contribution in [1.29, 1.82) is 0 Å². The maximum absolute atomic E-state index is 12.6. The zero-order chi connectivity index (χ0) is 15.2. The van der Waals surface area contributed by atoms with E-state index in [9.17, 15) is 9.59 Å². The van der Waals surface area contributed by atoms with Gasteiger partial charge in [0.1, 0.15) is 17.9 Å².